The van der Waals surface area contributed by atoms with Gasteiger partial charge < -0.3 is 30.5 Å². The monoisotopic (exact) mass is 275 g/mol. The van der Waals surface area contributed by atoms with Crippen molar-refractivity contribution in [2.45, 2.75) is 12.1 Å². The van der Waals surface area contributed by atoms with Crippen molar-refractivity contribution in [1.29, 1.82) is 0 Å². The average molecular weight is 275 g/mol. The predicted molar refractivity (Wildman–Crippen MR) is 62.4 cm³/mol. The first-order chi connectivity index (χ1) is 9.01. The summed E-state index contributed by atoms with van der Waals surface area (Å²) in [6.45, 7) is -0.251. The van der Waals surface area contributed by atoms with Gasteiger partial charge in [0.05, 0.1) is 19.8 Å². The number of aliphatic carboxylic acids is 1. The number of aliphatic hydroxyl groups is 1. The number of carboxylic acid groups (broad SMARTS) is 1. The van der Waals surface area contributed by atoms with E-state index in [9.17, 15) is 14.4 Å². The Morgan fingerprint density at radius 3 is 2.68 bits per heavy atom. The molecular formula is C10H17N3O6. The van der Waals surface area contributed by atoms with Crippen LogP contribution in [0.3, 0.4) is 0 Å². The second-order valence-electron chi connectivity index (χ2n) is 3.92. The molecule has 0 aliphatic carbocycles. The van der Waals surface area contributed by atoms with Crippen LogP contribution in [-0.4, -0.2) is 78.5 Å². The van der Waals surface area contributed by atoms with Gasteiger partial charge in [0.2, 0.25) is 5.91 Å². The number of hydrogen-bond acceptors (Lipinski definition) is 5. The van der Waals surface area contributed by atoms with Crippen molar-refractivity contribution in [2.24, 2.45) is 0 Å². The second kappa shape index (κ2) is 6.90. The molecule has 0 bridgehead atoms. The third kappa shape index (κ3) is 3.80. The fraction of sp³-hybridized carbons (Fsp3) is 0.700. The molecule has 4 N–H and O–H groups in total. The van der Waals surface area contributed by atoms with E-state index < -0.39 is 36.6 Å². The second-order valence-corrected chi connectivity index (χ2v) is 3.92. The molecule has 2 atom stereocenters. The Kier molecular flexibility index (Phi) is 5.52. The number of hydrogen-bond donors (Lipinski definition) is 4. The van der Waals surface area contributed by atoms with E-state index >= 15 is 0 Å². The SMILES string of the molecule is CNC(=O)C1COCCN1C(=O)N[C@H](CO)C(=O)O. The van der Waals surface area contributed by atoms with Gasteiger partial charge in [0, 0.05) is 13.6 Å². The molecule has 0 aromatic heterocycles. The maximum absolute atomic E-state index is 11.9. The number of amides is 3. The normalized spacial score (nSPS) is 20.5. The van der Waals surface area contributed by atoms with Crippen LogP contribution < -0.4 is 10.6 Å². The molecule has 0 radical (unpaired) electrons. The maximum Gasteiger partial charge on any atom is 0.328 e. The Bertz CT molecular complexity index is 361. The highest BCUT2D eigenvalue weighted by molar-refractivity contribution is 5.89. The first-order valence-corrected chi connectivity index (χ1v) is 5.71. The summed E-state index contributed by atoms with van der Waals surface area (Å²) in [5, 5.41) is 22.1. The Morgan fingerprint density at radius 1 is 1.47 bits per heavy atom. The van der Waals surface area contributed by atoms with Crippen LogP contribution in [0.1, 0.15) is 0 Å². The van der Waals surface area contributed by atoms with Crippen LogP contribution in [0.2, 0.25) is 0 Å². The molecule has 1 aliphatic rings. The van der Waals surface area contributed by atoms with E-state index in [-0.39, 0.29) is 19.8 Å². The Labute approximate surface area is 109 Å². The third-order valence-electron chi connectivity index (χ3n) is 2.72. The molecule has 1 saturated heterocycles. The molecule has 9 nitrogen and oxygen atoms in total. The molecule has 0 aromatic rings. The van der Waals surface area contributed by atoms with E-state index in [1.807, 2.05) is 0 Å². The summed E-state index contributed by atoms with van der Waals surface area (Å²) < 4.78 is 5.12. The third-order valence-corrected chi connectivity index (χ3v) is 2.72. The number of ether oxygens (including phenoxy) is 1. The quantitative estimate of drug-likeness (QED) is 0.452. The van der Waals surface area contributed by atoms with Crippen LogP contribution in [0.4, 0.5) is 4.79 Å². The average Bonchev–Trinajstić information content (AvgIpc) is 2.43. The van der Waals surface area contributed by atoms with Crippen molar-refractivity contribution in [2.75, 3.05) is 33.4 Å². The first kappa shape index (κ1) is 15.2. The highest BCUT2D eigenvalue weighted by atomic mass is 16.5. The lowest BCUT2D eigenvalue weighted by molar-refractivity contribution is -0.140. The molecule has 1 rings (SSSR count). The number of morpholine rings is 1. The number of likely N-dealkylation sites (N-methyl/N-ethyl adjacent to an activating group) is 1. The minimum Gasteiger partial charge on any atom is -0.480 e. The van der Waals surface area contributed by atoms with Crippen LogP contribution in [0, 0.1) is 0 Å². The van der Waals surface area contributed by atoms with E-state index in [0.29, 0.717) is 0 Å². The number of urea groups is 1. The minimum atomic E-state index is -1.40. The summed E-state index contributed by atoms with van der Waals surface area (Å²) in [5.41, 5.74) is 0. The molecule has 3 amide bonds. The number of carboxylic acids is 1. The number of nitrogens with one attached hydrogen (secondary N) is 2. The molecule has 0 spiro atoms. The predicted octanol–water partition coefficient (Wildman–Crippen LogP) is -2.41. The number of aliphatic hydroxyl groups excluding tert-OH is 1. The van der Waals surface area contributed by atoms with Gasteiger partial charge in [0.25, 0.3) is 0 Å². The van der Waals surface area contributed by atoms with Gasteiger partial charge in [-0.3, -0.25) is 4.79 Å². The zero-order valence-corrected chi connectivity index (χ0v) is 10.5. The number of carbonyl (C=O) groups excluding carboxylic acids is 2. The molecule has 1 fully saturated rings. The van der Waals surface area contributed by atoms with Gasteiger partial charge in [-0.2, -0.15) is 0 Å². The Hall–Kier alpha value is -1.87. The van der Waals surface area contributed by atoms with Crippen LogP contribution in [0.15, 0.2) is 0 Å². The fourth-order valence-corrected chi connectivity index (χ4v) is 1.65. The zero-order chi connectivity index (χ0) is 14.4. The van der Waals surface area contributed by atoms with Gasteiger partial charge in [-0.15, -0.1) is 0 Å². The van der Waals surface area contributed by atoms with Crippen LogP contribution in [-0.2, 0) is 14.3 Å². The summed E-state index contributed by atoms with van der Waals surface area (Å²) in [6, 6.07) is -2.94. The largest absolute Gasteiger partial charge is 0.480 e. The standard InChI is InChI=1S/C10H17N3O6/c1-11-8(15)7-5-19-3-2-13(7)10(18)12-6(4-14)9(16)17/h6-7,14H,2-5H2,1H3,(H,11,15)(H,12,18)(H,16,17)/t6-,7?/m1/s1. The van der Waals surface area contributed by atoms with Crippen molar-refractivity contribution in [3.63, 3.8) is 0 Å². The first-order valence-electron chi connectivity index (χ1n) is 5.71. The Morgan fingerprint density at radius 2 is 2.16 bits per heavy atom. The summed E-state index contributed by atoms with van der Waals surface area (Å²) in [5.74, 6) is -1.74. The van der Waals surface area contributed by atoms with E-state index in [1.54, 1.807) is 0 Å². The van der Waals surface area contributed by atoms with Crippen molar-refractivity contribution >= 4 is 17.9 Å². The highest BCUT2D eigenvalue weighted by Crippen LogP contribution is 2.07. The number of carbonyl (C=O) groups is 3. The van der Waals surface area contributed by atoms with Crippen LogP contribution in [0.5, 0.6) is 0 Å². The molecule has 1 heterocycles. The van der Waals surface area contributed by atoms with Crippen LogP contribution >= 0.6 is 0 Å². The summed E-state index contributed by atoms with van der Waals surface area (Å²) >= 11 is 0. The van der Waals surface area contributed by atoms with Gasteiger partial charge in [-0.05, 0) is 0 Å². The lowest BCUT2D eigenvalue weighted by Crippen LogP contribution is -2.60. The number of rotatable bonds is 4. The van der Waals surface area contributed by atoms with Crippen molar-refractivity contribution in [3.8, 4) is 0 Å². The number of nitrogens with zero attached hydrogens (tertiary/aromatic N) is 1. The van der Waals surface area contributed by atoms with Gasteiger partial charge >= 0.3 is 12.0 Å². The summed E-state index contributed by atoms with van der Waals surface area (Å²) in [7, 11) is 1.43. The van der Waals surface area contributed by atoms with Gasteiger partial charge in [0.15, 0.2) is 6.04 Å². The summed E-state index contributed by atoms with van der Waals surface area (Å²) in [6.07, 6.45) is 0. The highest BCUT2D eigenvalue weighted by Gasteiger charge is 2.33. The van der Waals surface area contributed by atoms with E-state index in [1.165, 1.54) is 11.9 Å². The molecule has 19 heavy (non-hydrogen) atoms. The Balaban J connectivity index is 2.71. The molecule has 0 saturated carbocycles. The van der Waals surface area contributed by atoms with Gasteiger partial charge in [-0.1, -0.05) is 0 Å². The van der Waals surface area contributed by atoms with Crippen LogP contribution in [0.25, 0.3) is 0 Å². The molecule has 108 valence electrons. The molecule has 1 aliphatic heterocycles. The van der Waals surface area contributed by atoms with Gasteiger partial charge in [0.1, 0.15) is 6.04 Å². The maximum atomic E-state index is 11.9. The van der Waals surface area contributed by atoms with E-state index in [4.69, 9.17) is 14.9 Å². The van der Waals surface area contributed by atoms with E-state index in [2.05, 4.69) is 10.6 Å². The lowest BCUT2D eigenvalue weighted by Gasteiger charge is -2.34. The molecular weight excluding hydrogens is 258 g/mol. The molecule has 9 heteroatoms. The van der Waals surface area contributed by atoms with Crippen molar-refractivity contribution < 1.29 is 29.3 Å². The molecule has 1 unspecified atom stereocenters. The zero-order valence-electron chi connectivity index (χ0n) is 10.5. The van der Waals surface area contributed by atoms with Gasteiger partial charge in [-0.25, -0.2) is 9.59 Å². The lowest BCUT2D eigenvalue weighted by atomic mass is 10.2. The van der Waals surface area contributed by atoms with Crippen molar-refractivity contribution in [3.05, 3.63) is 0 Å². The summed E-state index contributed by atoms with van der Waals surface area (Å²) in [4.78, 5) is 35.4. The minimum absolute atomic E-state index is 0.0456. The van der Waals surface area contributed by atoms with Crippen molar-refractivity contribution in [1.82, 2.24) is 15.5 Å². The fourth-order valence-electron chi connectivity index (χ4n) is 1.65. The van der Waals surface area contributed by atoms with E-state index in [0.717, 1.165) is 0 Å². The topological polar surface area (TPSA) is 128 Å². The smallest absolute Gasteiger partial charge is 0.328 e. The molecule has 0 aromatic carbocycles.